The lowest BCUT2D eigenvalue weighted by molar-refractivity contribution is -0.143. The molecule has 2 rings (SSSR count). The van der Waals surface area contributed by atoms with Crippen LogP contribution in [0.25, 0.3) is 0 Å². The summed E-state index contributed by atoms with van der Waals surface area (Å²) < 4.78 is 39.0. The second-order valence-electron chi connectivity index (χ2n) is 4.24. The molecule has 1 saturated heterocycles. The van der Waals surface area contributed by atoms with Crippen LogP contribution in [0.1, 0.15) is 0 Å². The van der Waals surface area contributed by atoms with E-state index in [9.17, 15) is 22.8 Å². The number of carbonyl (C=O) groups is 2. The Kier molecular flexibility index (Phi) is 4.23. The van der Waals surface area contributed by atoms with E-state index >= 15 is 0 Å². The first-order valence-electron chi connectivity index (χ1n) is 5.94. The van der Waals surface area contributed by atoms with Crippen molar-refractivity contribution < 1.29 is 22.8 Å². The molecule has 1 fully saturated rings. The predicted octanol–water partition coefficient (Wildman–Crippen LogP) is 0.474. The summed E-state index contributed by atoms with van der Waals surface area (Å²) in [6, 6.07) is 0.799. The zero-order valence-corrected chi connectivity index (χ0v) is 10.4. The molecule has 5 nitrogen and oxygen atoms in total. The minimum Gasteiger partial charge on any atom is -0.332 e. The molecule has 1 aromatic carbocycles. The van der Waals surface area contributed by atoms with E-state index in [1.54, 1.807) is 0 Å². The second kappa shape index (κ2) is 5.91. The van der Waals surface area contributed by atoms with Gasteiger partial charge >= 0.3 is 11.8 Å². The van der Waals surface area contributed by atoms with E-state index in [0.717, 1.165) is 0 Å². The number of hydrogen-bond acceptors (Lipinski definition) is 3. The SMILES string of the molecule is O=C(Nc1cc(F)c(F)cc1F)C(=O)N1CCNCC1. The quantitative estimate of drug-likeness (QED) is 0.583. The predicted molar refractivity (Wildman–Crippen MR) is 64.4 cm³/mol. The van der Waals surface area contributed by atoms with Gasteiger partial charge in [0.2, 0.25) is 0 Å². The Morgan fingerprint density at radius 3 is 2.30 bits per heavy atom. The molecular formula is C12H12F3N3O2. The van der Waals surface area contributed by atoms with Crippen LogP contribution in [0.4, 0.5) is 18.9 Å². The van der Waals surface area contributed by atoms with Gasteiger partial charge in [-0.3, -0.25) is 9.59 Å². The fourth-order valence-corrected chi connectivity index (χ4v) is 1.81. The average molecular weight is 287 g/mol. The van der Waals surface area contributed by atoms with Crippen molar-refractivity contribution in [2.24, 2.45) is 0 Å². The van der Waals surface area contributed by atoms with Gasteiger partial charge in [-0.05, 0) is 0 Å². The van der Waals surface area contributed by atoms with Crippen molar-refractivity contribution in [2.75, 3.05) is 31.5 Å². The maximum Gasteiger partial charge on any atom is 0.313 e. The highest BCUT2D eigenvalue weighted by atomic mass is 19.2. The Morgan fingerprint density at radius 1 is 1.05 bits per heavy atom. The van der Waals surface area contributed by atoms with E-state index in [2.05, 4.69) is 5.32 Å². The molecule has 1 aromatic rings. The zero-order chi connectivity index (χ0) is 14.7. The van der Waals surface area contributed by atoms with Crippen LogP contribution < -0.4 is 10.6 Å². The summed E-state index contributed by atoms with van der Waals surface area (Å²) in [6.07, 6.45) is 0. The smallest absolute Gasteiger partial charge is 0.313 e. The highest BCUT2D eigenvalue weighted by Gasteiger charge is 2.24. The Balaban J connectivity index is 2.07. The summed E-state index contributed by atoms with van der Waals surface area (Å²) in [4.78, 5) is 24.7. The molecule has 108 valence electrons. The number of halogens is 3. The first-order valence-corrected chi connectivity index (χ1v) is 5.94. The fraction of sp³-hybridized carbons (Fsp3) is 0.333. The van der Waals surface area contributed by atoms with Gasteiger partial charge in [0, 0.05) is 38.3 Å². The molecule has 0 aromatic heterocycles. The van der Waals surface area contributed by atoms with Gasteiger partial charge in [0.25, 0.3) is 0 Å². The number of hydrogen-bond donors (Lipinski definition) is 2. The number of nitrogens with one attached hydrogen (secondary N) is 2. The van der Waals surface area contributed by atoms with Crippen LogP contribution in [0.15, 0.2) is 12.1 Å². The maximum atomic E-state index is 13.3. The Hall–Kier alpha value is -2.09. The van der Waals surface area contributed by atoms with Crippen molar-refractivity contribution in [2.45, 2.75) is 0 Å². The van der Waals surface area contributed by atoms with Crippen molar-refractivity contribution in [3.05, 3.63) is 29.6 Å². The highest BCUT2D eigenvalue weighted by molar-refractivity contribution is 6.39. The van der Waals surface area contributed by atoms with Crippen LogP contribution in [-0.2, 0) is 9.59 Å². The van der Waals surface area contributed by atoms with E-state index in [4.69, 9.17) is 0 Å². The minimum atomic E-state index is -1.37. The second-order valence-corrected chi connectivity index (χ2v) is 4.24. The molecule has 0 spiro atoms. The number of rotatable bonds is 1. The van der Waals surface area contributed by atoms with Crippen molar-refractivity contribution >= 4 is 17.5 Å². The van der Waals surface area contributed by atoms with Crippen molar-refractivity contribution in [3.8, 4) is 0 Å². The highest BCUT2D eigenvalue weighted by Crippen LogP contribution is 2.18. The molecule has 2 N–H and O–H groups in total. The van der Waals surface area contributed by atoms with E-state index < -0.39 is 35.0 Å². The monoisotopic (exact) mass is 287 g/mol. The molecule has 0 bridgehead atoms. The van der Waals surface area contributed by atoms with E-state index in [-0.39, 0.29) is 0 Å². The molecule has 20 heavy (non-hydrogen) atoms. The third kappa shape index (κ3) is 3.08. The summed E-state index contributed by atoms with van der Waals surface area (Å²) in [7, 11) is 0. The van der Waals surface area contributed by atoms with Gasteiger partial charge in [-0.1, -0.05) is 0 Å². The number of nitrogens with zero attached hydrogens (tertiary/aromatic N) is 1. The summed E-state index contributed by atoms with van der Waals surface area (Å²) >= 11 is 0. The number of carbonyl (C=O) groups excluding carboxylic acids is 2. The summed E-state index contributed by atoms with van der Waals surface area (Å²) in [5.74, 6) is -5.75. The maximum absolute atomic E-state index is 13.3. The molecule has 0 atom stereocenters. The lowest BCUT2D eigenvalue weighted by Gasteiger charge is -2.26. The summed E-state index contributed by atoms with van der Waals surface area (Å²) in [5.41, 5.74) is -0.572. The molecular weight excluding hydrogens is 275 g/mol. The van der Waals surface area contributed by atoms with Crippen LogP contribution in [0.2, 0.25) is 0 Å². The normalized spacial score (nSPS) is 15.1. The molecule has 2 amide bonds. The minimum absolute atomic E-state index is 0.306. The first kappa shape index (κ1) is 14.3. The summed E-state index contributed by atoms with van der Waals surface area (Å²) in [5, 5.41) is 4.95. The van der Waals surface area contributed by atoms with Crippen molar-refractivity contribution in [3.63, 3.8) is 0 Å². The van der Waals surface area contributed by atoms with E-state index in [0.29, 0.717) is 38.3 Å². The third-order valence-electron chi connectivity index (χ3n) is 2.86. The van der Waals surface area contributed by atoms with E-state index in [1.165, 1.54) is 4.90 Å². The Morgan fingerprint density at radius 2 is 1.65 bits per heavy atom. The standard InChI is InChI=1S/C12H12F3N3O2/c13-7-5-9(15)10(6-8(7)14)17-11(19)12(20)18-3-1-16-2-4-18/h5-6,16H,1-4H2,(H,17,19). The molecule has 8 heteroatoms. The Bertz CT molecular complexity index is 545. The zero-order valence-electron chi connectivity index (χ0n) is 10.4. The van der Waals surface area contributed by atoms with Gasteiger partial charge < -0.3 is 15.5 Å². The largest absolute Gasteiger partial charge is 0.332 e. The van der Waals surface area contributed by atoms with Crippen LogP contribution in [0.5, 0.6) is 0 Å². The van der Waals surface area contributed by atoms with Gasteiger partial charge in [0.1, 0.15) is 5.82 Å². The van der Waals surface area contributed by atoms with Gasteiger partial charge in [-0.25, -0.2) is 13.2 Å². The lowest BCUT2D eigenvalue weighted by Crippen LogP contribution is -2.50. The molecule has 0 unspecified atom stereocenters. The number of benzene rings is 1. The van der Waals surface area contributed by atoms with Crippen LogP contribution in [-0.4, -0.2) is 42.9 Å². The van der Waals surface area contributed by atoms with Crippen LogP contribution in [0.3, 0.4) is 0 Å². The fourth-order valence-electron chi connectivity index (χ4n) is 1.81. The van der Waals surface area contributed by atoms with Crippen LogP contribution in [0, 0.1) is 17.5 Å². The van der Waals surface area contributed by atoms with Gasteiger partial charge in [0.15, 0.2) is 11.6 Å². The van der Waals surface area contributed by atoms with Crippen LogP contribution >= 0.6 is 0 Å². The van der Waals surface area contributed by atoms with Gasteiger partial charge in [-0.15, -0.1) is 0 Å². The van der Waals surface area contributed by atoms with Crippen molar-refractivity contribution in [1.29, 1.82) is 0 Å². The van der Waals surface area contributed by atoms with Crippen molar-refractivity contribution in [1.82, 2.24) is 10.2 Å². The Labute approximate surface area is 112 Å². The average Bonchev–Trinajstić information content (AvgIpc) is 2.44. The first-order chi connectivity index (χ1) is 9.49. The number of amides is 2. The van der Waals surface area contributed by atoms with Gasteiger partial charge in [0.05, 0.1) is 5.69 Å². The molecule has 1 aliphatic heterocycles. The molecule has 0 saturated carbocycles. The van der Waals surface area contributed by atoms with Gasteiger partial charge in [-0.2, -0.15) is 0 Å². The molecule has 1 aliphatic rings. The topological polar surface area (TPSA) is 61.4 Å². The third-order valence-corrected chi connectivity index (χ3v) is 2.86. The summed E-state index contributed by atoms with van der Waals surface area (Å²) in [6.45, 7) is 1.82. The molecule has 0 radical (unpaired) electrons. The molecule has 1 heterocycles. The number of anilines is 1. The van der Waals surface area contributed by atoms with E-state index in [1.807, 2.05) is 5.32 Å². The number of piperazine rings is 1. The molecule has 0 aliphatic carbocycles. The lowest BCUT2D eigenvalue weighted by atomic mass is 10.2.